The molecule has 0 spiro atoms. The number of halogens is 2. The third kappa shape index (κ3) is 5.85. The van der Waals surface area contributed by atoms with Gasteiger partial charge < -0.3 is 10.6 Å². The summed E-state index contributed by atoms with van der Waals surface area (Å²) in [6.45, 7) is 4.10. The maximum absolute atomic E-state index is 12.2. The van der Waals surface area contributed by atoms with Gasteiger partial charge in [0.1, 0.15) is 0 Å². The maximum Gasteiger partial charge on any atom is 0.282 e. The molecule has 0 saturated heterocycles. The summed E-state index contributed by atoms with van der Waals surface area (Å²) in [4.78, 5) is 23.5. The molecule has 2 aromatic carbocycles. The minimum atomic E-state index is -0.237. The Kier molecular flexibility index (Phi) is 7.00. The fourth-order valence-corrected chi connectivity index (χ4v) is 2.87. The van der Waals surface area contributed by atoms with Gasteiger partial charge in [-0.2, -0.15) is 0 Å². The Morgan fingerprint density at radius 3 is 2.40 bits per heavy atom. The Morgan fingerprint density at radius 1 is 1.12 bits per heavy atom. The van der Waals surface area contributed by atoms with Gasteiger partial charge in [0.15, 0.2) is 11.8 Å². The van der Waals surface area contributed by atoms with Gasteiger partial charge in [-0.05, 0) is 55.8 Å². The molecule has 0 heterocycles. The number of nitrogens with two attached hydrogens (primary N) is 1. The number of benzene rings is 2. The maximum atomic E-state index is 12.2. The largest absolute Gasteiger partial charge is 0.336 e. The number of rotatable bonds is 7. The minimum absolute atomic E-state index is 0.000406. The number of carbonyl (C=O) groups is 2. The average molecular weight is 380 g/mol. The average Bonchev–Trinajstić information content (AvgIpc) is 2.57. The van der Waals surface area contributed by atoms with Crippen molar-refractivity contribution in [1.82, 2.24) is 0 Å². The van der Waals surface area contributed by atoms with E-state index in [0.29, 0.717) is 21.3 Å². The van der Waals surface area contributed by atoms with Crippen molar-refractivity contribution in [3.63, 3.8) is 0 Å². The van der Waals surface area contributed by atoms with E-state index in [1.165, 1.54) is 6.92 Å². The second kappa shape index (κ2) is 8.99. The van der Waals surface area contributed by atoms with Gasteiger partial charge in [-0.3, -0.25) is 9.59 Å². The molecule has 1 atom stereocenters. The Labute approximate surface area is 157 Å². The van der Waals surface area contributed by atoms with Crippen molar-refractivity contribution in [2.45, 2.75) is 26.3 Å². The second-order valence-corrected chi connectivity index (χ2v) is 6.77. The molecule has 0 unspecified atom stereocenters. The summed E-state index contributed by atoms with van der Waals surface area (Å²) >= 11 is 12.0. The van der Waals surface area contributed by atoms with Crippen molar-refractivity contribution < 1.29 is 14.9 Å². The summed E-state index contributed by atoms with van der Waals surface area (Å²) < 4.78 is 0. The van der Waals surface area contributed by atoms with Crippen LogP contribution in [0.2, 0.25) is 10.0 Å². The van der Waals surface area contributed by atoms with E-state index in [2.05, 4.69) is 5.32 Å². The van der Waals surface area contributed by atoms with E-state index >= 15 is 0 Å². The molecule has 0 radical (unpaired) electrons. The fraction of sp³-hybridized carbons (Fsp3) is 0.263. The molecule has 4 nitrogen and oxygen atoms in total. The number of Topliss-reactive ketones (excluding diaryl/α,β-unsaturated/α-hetero) is 1. The Balaban J connectivity index is 1.82. The smallest absolute Gasteiger partial charge is 0.282 e. The van der Waals surface area contributed by atoms with Crippen LogP contribution in [0.25, 0.3) is 0 Å². The van der Waals surface area contributed by atoms with Gasteiger partial charge in [0.2, 0.25) is 0 Å². The van der Waals surface area contributed by atoms with Gasteiger partial charge in [-0.1, -0.05) is 29.3 Å². The van der Waals surface area contributed by atoms with E-state index in [4.69, 9.17) is 23.2 Å². The van der Waals surface area contributed by atoms with Crippen LogP contribution in [-0.4, -0.2) is 24.3 Å². The number of nitrogens with one attached hydrogen (secondary N) is 1. The number of carbonyl (C=O) groups excluding carboxylic acids is 2. The molecule has 0 bridgehead atoms. The lowest BCUT2D eigenvalue weighted by atomic mass is 10.1. The molecule has 0 aromatic heterocycles. The van der Waals surface area contributed by atoms with Crippen LogP contribution in [0, 0.1) is 0 Å². The number of quaternary nitrogens is 1. The zero-order valence-electron chi connectivity index (χ0n) is 14.2. The van der Waals surface area contributed by atoms with E-state index in [9.17, 15) is 9.59 Å². The standard InChI is InChI=1S/C19H20Cl2N2O2/c1-12(22-10-9-15-3-6-16(20)11-18(15)21)19(25)23-17-7-4-14(5-8-17)13(2)24/h3-8,11-12,22H,9-10H2,1-2H3,(H,23,25)/p+1/t12-/m0/s1. The van der Waals surface area contributed by atoms with Crippen LogP contribution in [0.4, 0.5) is 5.69 Å². The Bertz CT molecular complexity index is 761. The van der Waals surface area contributed by atoms with Crippen molar-refractivity contribution in [3.05, 3.63) is 63.6 Å². The van der Waals surface area contributed by atoms with Crippen LogP contribution < -0.4 is 10.6 Å². The molecule has 6 heteroatoms. The number of hydrogen-bond acceptors (Lipinski definition) is 2. The molecular formula is C19H21Cl2N2O2+. The summed E-state index contributed by atoms with van der Waals surface area (Å²) in [5, 5.41) is 6.07. The first-order chi connectivity index (χ1) is 11.9. The predicted molar refractivity (Wildman–Crippen MR) is 101 cm³/mol. The van der Waals surface area contributed by atoms with Gasteiger partial charge in [-0.15, -0.1) is 0 Å². The fourth-order valence-electron chi connectivity index (χ4n) is 2.36. The normalized spacial score (nSPS) is 11.8. The molecule has 25 heavy (non-hydrogen) atoms. The minimum Gasteiger partial charge on any atom is -0.336 e. The summed E-state index contributed by atoms with van der Waals surface area (Å²) in [5.41, 5.74) is 2.31. The monoisotopic (exact) mass is 379 g/mol. The molecule has 2 aromatic rings. The van der Waals surface area contributed by atoms with Gasteiger partial charge in [-0.25, -0.2) is 0 Å². The van der Waals surface area contributed by atoms with E-state index in [-0.39, 0.29) is 17.7 Å². The molecule has 2 rings (SSSR count). The molecular weight excluding hydrogens is 359 g/mol. The topological polar surface area (TPSA) is 62.8 Å². The Hall–Kier alpha value is -1.88. The number of anilines is 1. The molecule has 3 N–H and O–H groups in total. The van der Waals surface area contributed by atoms with Gasteiger partial charge in [0, 0.05) is 27.7 Å². The highest BCUT2D eigenvalue weighted by atomic mass is 35.5. The number of hydrogen-bond donors (Lipinski definition) is 2. The highest BCUT2D eigenvalue weighted by Gasteiger charge is 2.16. The van der Waals surface area contributed by atoms with Gasteiger partial charge in [0.05, 0.1) is 6.54 Å². The lowest BCUT2D eigenvalue weighted by Gasteiger charge is -2.12. The Morgan fingerprint density at radius 2 is 1.80 bits per heavy atom. The third-order valence-electron chi connectivity index (χ3n) is 3.92. The molecule has 0 aliphatic heterocycles. The first kappa shape index (κ1) is 19.4. The quantitative estimate of drug-likeness (QED) is 0.724. The summed E-state index contributed by atoms with van der Waals surface area (Å²) in [5.74, 6) is -0.0850. The summed E-state index contributed by atoms with van der Waals surface area (Å²) in [6.07, 6.45) is 0.751. The number of amides is 1. The zero-order chi connectivity index (χ0) is 18.4. The summed E-state index contributed by atoms with van der Waals surface area (Å²) in [7, 11) is 0. The number of ketones is 1. The molecule has 132 valence electrons. The first-order valence-electron chi connectivity index (χ1n) is 8.06. The molecule has 0 fully saturated rings. The van der Waals surface area contributed by atoms with Crippen LogP contribution in [0.1, 0.15) is 29.8 Å². The van der Waals surface area contributed by atoms with Crippen molar-refractivity contribution >= 4 is 40.6 Å². The zero-order valence-corrected chi connectivity index (χ0v) is 15.7. The molecule has 0 aliphatic carbocycles. The van der Waals surface area contributed by atoms with Crippen molar-refractivity contribution in [1.29, 1.82) is 0 Å². The van der Waals surface area contributed by atoms with Crippen LogP contribution >= 0.6 is 23.2 Å². The highest BCUT2D eigenvalue weighted by Crippen LogP contribution is 2.20. The van der Waals surface area contributed by atoms with Crippen molar-refractivity contribution in [2.75, 3.05) is 11.9 Å². The lowest BCUT2D eigenvalue weighted by Crippen LogP contribution is -2.92. The first-order valence-corrected chi connectivity index (χ1v) is 8.81. The van der Waals surface area contributed by atoms with Crippen LogP contribution in [0.5, 0.6) is 0 Å². The van der Waals surface area contributed by atoms with Crippen molar-refractivity contribution in [3.8, 4) is 0 Å². The highest BCUT2D eigenvalue weighted by molar-refractivity contribution is 6.35. The van der Waals surface area contributed by atoms with E-state index in [0.717, 1.165) is 18.5 Å². The molecule has 0 aliphatic rings. The van der Waals surface area contributed by atoms with Crippen LogP contribution in [0.15, 0.2) is 42.5 Å². The van der Waals surface area contributed by atoms with Gasteiger partial charge in [0.25, 0.3) is 5.91 Å². The SMILES string of the molecule is CC(=O)c1ccc(NC(=O)[C@H](C)[NH2+]CCc2ccc(Cl)cc2Cl)cc1. The molecule has 1 amide bonds. The lowest BCUT2D eigenvalue weighted by molar-refractivity contribution is -0.672. The van der Waals surface area contributed by atoms with E-state index < -0.39 is 0 Å². The molecule has 0 saturated carbocycles. The van der Waals surface area contributed by atoms with Crippen LogP contribution in [0.3, 0.4) is 0 Å². The van der Waals surface area contributed by atoms with Crippen LogP contribution in [-0.2, 0) is 11.2 Å². The predicted octanol–water partition coefficient (Wildman–Crippen LogP) is 3.33. The summed E-state index contributed by atoms with van der Waals surface area (Å²) in [6, 6.07) is 12.1. The van der Waals surface area contributed by atoms with Crippen molar-refractivity contribution in [2.24, 2.45) is 0 Å². The van der Waals surface area contributed by atoms with Gasteiger partial charge >= 0.3 is 0 Å². The van der Waals surface area contributed by atoms with E-state index in [1.54, 1.807) is 30.3 Å². The van der Waals surface area contributed by atoms with E-state index in [1.807, 2.05) is 24.4 Å². The second-order valence-electron chi connectivity index (χ2n) is 5.92. The third-order valence-corrected chi connectivity index (χ3v) is 4.51.